The number of nitrogens with zero attached hydrogens (tertiary/aromatic N) is 2. The van der Waals surface area contributed by atoms with Crippen LogP contribution in [0, 0.1) is 5.92 Å². The molecular weight excluding hydrogens is 324 g/mol. The second kappa shape index (κ2) is 7.86. The number of hydrogen-bond acceptors (Lipinski definition) is 5. The Bertz CT molecular complexity index is 668. The van der Waals surface area contributed by atoms with E-state index in [0.29, 0.717) is 44.0 Å². The quantitative estimate of drug-likeness (QED) is 0.750. The van der Waals surface area contributed by atoms with Gasteiger partial charge in [-0.05, 0) is 25.8 Å². The van der Waals surface area contributed by atoms with Crippen molar-refractivity contribution in [1.82, 2.24) is 20.3 Å². The van der Waals surface area contributed by atoms with E-state index in [-0.39, 0.29) is 23.4 Å². The summed E-state index contributed by atoms with van der Waals surface area (Å²) in [5.41, 5.74) is -0.281. The molecule has 2 saturated heterocycles. The van der Waals surface area contributed by atoms with Crippen LogP contribution < -0.4 is 10.9 Å². The monoisotopic (exact) mass is 350 g/mol. The standard InChI is InChI=1S/C17H26N4O4/c1-18-7-9-21-14-6-8-20(11-12(14)2-4-17(21)24)16(23)5-3-13-10-15(22)19-25-13/h10,12,14,18H,2-9,11H2,1H3,(H,19,22). The number of aromatic nitrogens is 1. The van der Waals surface area contributed by atoms with E-state index in [9.17, 15) is 14.4 Å². The van der Waals surface area contributed by atoms with E-state index in [1.54, 1.807) is 0 Å². The van der Waals surface area contributed by atoms with Gasteiger partial charge in [-0.3, -0.25) is 14.4 Å². The summed E-state index contributed by atoms with van der Waals surface area (Å²) in [6, 6.07) is 1.63. The van der Waals surface area contributed by atoms with Crippen molar-refractivity contribution in [3.63, 3.8) is 0 Å². The Balaban J connectivity index is 1.54. The minimum absolute atomic E-state index is 0.0842. The average Bonchev–Trinajstić information content (AvgIpc) is 3.04. The highest BCUT2D eigenvalue weighted by molar-refractivity contribution is 5.78. The molecule has 2 aliphatic rings. The predicted octanol–water partition coefficient (Wildman–Crippen LogP) is -0.0406. The number of fused-ring (bicyclic) bond motifs is 1. The highest BCUT2D eigenvalue weighted by Crippen LogP contribution is 2.31. The number of nitrogens with one attached hydrogen (secondary N) is 2. The molecular formula is C17H26N4O4. The minimum Gasteiger partial charge on any atom is -0.384 e. The van der Waals surface area contributed by atoms with Gasteiger partial charge in [-0.1, -0.05) is 0 Å². The van der Waals surface area contributed by atoms with Crippen LogP contribution in [-0.2, 0) is 16.0 Å². The molecule has 0 aromatic carbocycles. The Morgan fingerprint density at radius 1 is 1.40 bits per heavy atom. The summed E-state index contributed by atoms with van der Waals surface area (Å²) in [6.07, 6.45) is 3.03. The zero-order chi connectivity index (χ0) is 17.8. The van der Waals surface area contributed by atoms with E-state index in [0.717, 1.165) is 25.9 Å². The van der Waals surface area contributed by atoms with Crippen molar-refractivity contribution in [2.24, 2.45) is 5.92 Å². The largest absolute Gasteiger partial charge is 0.384 e. The molecule has 138 valence electrons. The van der Waals surface area contributed by atoms with E-state index in [2.05, 4.69) is 10.5 Å². The van der Waals surface area contributed by atoms with Gasteiger partial charge in [0.2, 0.25) is 11.8 Å². The van der Waals surface area contributed by atoms with Crippen molar-refractivity contribution in [3.05, 3.63) is 22.2 Å². The molecule has 1 aromatic rings. The third-order valence-corrected chi connectivity index (χ3v) is 5.26. The van der Waals surface area contributed by atoms with E-state index < -0.39 is 0 Å². The molecule has 0 spiro atoms. The first kappa shape index (κ1) is 17.7. The molecule has 25 heavy (non-hydrogen) atoms. The summed E-state index contributed by atoms with van der Waals surface area (Å²) in [4.78, 5) is 39.6. The molecule has 2 atom stereocenters. The molecule has 0 saturated carbocycles. The number of amides is 2. The fourth-order valence-corrected chi connectivity index (χ4v) is 3.93. The van der Waals surface area contributed by atoms with Gasteiger partial charge in [0.15, 0.2) is 0 Å². The van der Waals surface area contributed by atoms with Crippen molar-refractivity contribution in [2.75, 3.05) is 33.2 Å². The fourth-order valence-electron chi connectivity index (χ4n) is 3.93. The van der Waals surface area contributed by atoms with Crippen LogP contribution in [0.4, 0.5) is 0 Å². The molecule has 0 bridgehead atoms. The Morgan fingerprint density at radius 2 is 2.24 bits per heavy atom. The fraction of sp³-hybridized carbons (Fsp3) is 0.706. The van der Waals surface area contributed by atoms with Crippen LogP contribution in [0.5, 0.6) is 0 Å². The normalized spacial score (nSPS) is 23.6. The van der Waals surface area contributed by atoms with Gasteiger partial charge >= 0.3 is 0 Å². The Morgan fingerprint density at radius 3 is 2.96 bits per heavy atom. The lowest BCUT2D eigenvalue weighted by atomic mass is 9.83. The summed E-state index contributed by atoms with van der Waals surface area (Å²) < 4.78 is 4.99. The van der Waals surface area contributed by atoms with Crippen LogP contribution in [-0.4, -0.2) is 66.0 Å². The van der Waals surface area contributed by atoms with Crippen LogP contribution in [0.2, 0.25) is 0 Å². The van der Waals surface area contributed by atoms with E-state index in [4.69, 9.17) is 4.52 Å². The van der Waals surface area contributed by atoms with Gasteiger partial charge in [-0.2, -0.15) is 5.16 Å². The Labute approximate surface area is 146 Å². The van der Waals surface area contributed by atoms with Gasteiger partial charge in [-0.25, -0.2) is 0 Å². The highest BCUT2D eigenvalue weighted by atomic mass is 16.5. The number of likely N-dealkylation sites (tertiary alicyclic amines) is 2. The number of carbonyl (C=O) groups excluding carboxylic acids is 2. The lowest BCUT2D eigenvalue weighted by Crippen LogP contribution is -2.57. The smallest absolute Gasteiger partial charge is 0.280 e. The van der Waals surface area contributed by atoms with Gasteiger partial charge < -0.3 is 19.6 Å². The van der Waals surface area contributed by atoms with Crippen LogP contribution in [0.3, 0.4) is 0 Å². The van der Waals surface area contributed by atoms with Crippen molar-refractivity contribution in [1.29, 1.82) is 0 Å². The second-order valence-corrected chi connectivity index (χ2v) is 6.86. The van der Waals surface area contributed by atoms with Crippen LogP contribution in [0.1, 0.15) is 31.4 Å². The Kier molecular flexibility index (Phi) is 5.57. The molecule has 2 amide bonds. The van der Waals surface area contributed by atoms with Crippen molar-refractivity contribution < 1.29 is 14.1 Å². The van der Waals surface area contributed by atoms with Gasteiger partial charge in [0.1, 0.15) is 5.76 Å². The van der Waals surface area contributed by atoms with Crippen molar-refractivity contribution in [3.8, 4) is 0 Å². The zero-order valence-corrected chi connectivity index (χ0v) is 14.6. The molecule has 2 fully saturated rings. The molecule has 2 aliphatic heterocycles. The predicted molar refractivity (Wildman–Crippen MR) is 91.0 cm³/mol. The van der Waals surface area contributed by atoms with E-state index in [1.165, 1.54) is 6.07 Å². The second-order valence-electron chi connectivity index (χ2n) is 6.86. The Hall–Kier alpha value is -2.09. The number of carbonyl (C=O) groups is 2. The molecule has 2 unspecified atom stereocenters. The maximum Gasteiger partial charge on any atom is 0.280 e. The number of aromatic amines is 1. The van der Waals surface area contributed by atoms with Crippen molar-refractivity contribution >= 4 is 11.8 Å². The average molecular weight is 350 g/mol. The number of piperidine rings is 2. The molecule has 0 aliphatic carbocycles. The first-order chi connectivity index (χ1) is 12.1. The summed E-state index contributed by atoms with van der Waals surface area (Å²) in [5, 5.41) is 5.34. The van der Waals surface area contributed by atoms with Crippen molar-refractivity contribution in [2.45, 2.75) is 38.1 Å². The maximum absolute atomic E-state index is 12.5. The van der Waals surface area contributed by atoms with Gasteiger partial charge in [0.25, 0.3) is 5.56 Å². The lowest BCUT2D eigenvalue weighted by Gasteiger charge is -2.47. The number of likely N-dealkylation sites (N-methyl/N-ethyl adjacent to an activating group) is 1. The SMILES string of the molecule is CNCCN1C(=O)CCC2CN(C(=O)CCc3cc(=O)[nH]o3)CCC21. The molecule has 8 nitrogen and oxygen atoms in total. The van der Waals surface area contributed by atoms with E-state index >= 15 is 0 Å². The van der Waals surface area contributed by atoms with Crippen LogP contribution >= 0.6 is 0 Å². The lowest BCUT2D eigenvalue weighted by molar-refractivity contribution is -0.144. The molecule has 0 radical (unpaired) electrons. The molecule has 3 rings (SSSR count). The third kappa shape index (κ3) is 4.12. The number of rotatable bonds is 6. The molecule has 1 aromatic heterocycles. The number of aryl methyl sites for hydroxylation is 1. The van der Waals surface area contributed by atoms with Crippen LogP contribution in [0.25, 0.3) is 0 Å². The van der Waals surface area contributed by atoms with Crippen LogP contribution in [0.15, 0.2) is 15.4 Å². The summed E-state index contributed by atoms with van der Waals surface area (Å²) >= 11 is 0. The van der Waals surface area contributed by atoms with E-state index in [1.807, 2.05) is 16.8 Å². The number of hydrogen-bond donors (Lipinski definition) is 2. The molecule has 3 heterocycles. The van der Waals surface area contributed by atoms with Gasteiger partial charge in [0, 0.05) is 57.5 Å². The molecule has 2 N–H and O–H groups in total. The highest BCUT2D eigenvalue weighted by Gasteiger charge is 2.39. The zero-order valence-electron chi connectivity index (χ0n) is 14.6. The van der Waals surface area contributed by atoms with Gasteiger partial charge in [-0.15, -0.1) is 0 Å². The first-order valence-corrected chi connectivity index (χ1v) is 8.97. The molecule has 8 heteroatoms. The van der Waals surface area contributed by atoms with Gasteiger partial charge in [0.05, 0.1) is 0 Å². The maximum atomic E-state index is 12.5. The topological polar surface area (TPSA) is 98.6 Å². The first-order valence-electron chi connectivity index (χ1n) is 8.97. The third-order valence-electron chi connectivity index (χ3n) is 5.26. The minimum atomic E-state index is -0.281. The number of H-pyrrole nitrogens is 1. The summed E-state index contributed by atoms with van der Waals surface area (Å²) in [7, 11) is 1.89. The summed E-state index contributed by atoms with van der Waals surface area (Å²) in [6.45, 7) is 2.92. The summed E-state index contributed by atoms with van der Waals surface area (Å²) in [5.74, 6) is 1.19.